The Bertz CT molecular complexity index is 552. The molecule has 2 amide bonds. The number of nitrogens with one attached hydrogen (secondary N) is 1. The van der Waals surface area contributed by atoms with E-state index < -0.39 is 5.54 Å². The van der Waals surface area contributed by atoms with E-state index in [0.717, 1.165) is 11.1 Å². The lowest BCUT2D eigenvalue weighted by Crippen LogP contribution is -2.63. The lowest BCUT2D eigenvalue weighted by molar-refractivity contribution is -0.153. The first-order valence-corrected chi connectivity index (χ1v) is 6.58. The molecule has 1 aliphatic heterocycles. The van der Waals surface area contributed by atoms with Crippen molar-refractivity contribution in [3.05, 3.63) is 29.3 Å². The van der Waals surface area contributed by atoms with Crippen molar-refractivity contribution in [2.75, 3.05) is 13.7 Å². The number of hydrogen-bond acceptors (Lipinski definition) is 4. The topological polar surface area (TPSA) is 58.6 Å². The number of carbonyl (C=O) groups is 2. The molecule has 1 N–H and O–H groups in total. The lowest BCUT2D eigenvalue weighted by Gasteiger charge is -2.36. The van der Waals surface area contributed by atoms with Crippen molar-refractivity contribution in [1.82, 2.24) is 10.2 Å². The van der Waals surface area contributed by atoms with Gasteiger partial charge in [-0.3, -0.25) is 19.8 Å². The summed E-state index contributed by atoms with van der Waals surface area (Å²) in [6.07, 6.45) is 0. The van der Waals surface area contributed by atoms with Crippen LogP contribution in [0.2, 0.25) is 0 Å². The van der Waals surface area contributed by atoms with Crippen LogP contribution >= 0.6 is 0 Å². The Morgan fingerprint density at radius 3 is 2.70 bits per heavy atom. The molecule has 0 bridgehead atoms. The fourth-order valence-corrected chi connectivity index (χ4v) is 2.28. The Hall–Kier alpha value is -1.88. The predicted molar refractivity (Wildman–Crippen MR) is 75.4 cm³/mol. The van der Waals surface area contributed by atoms with Crippen molar-refractivity contribution in [1.29, 1.82) is 0 Å². The first-order valence-electron chi connectivity index (χ1n) is 6.58. The van der Waals surface area contributed by atoms with Gasteiger partial charge >= 0.3 is 0 Å². The molecule has 0 aliphatic carbocycles. The smallest absolute Gasteiger partial charge is 0.249 e. The average molecular weight is 276 g/mol. The van der Waals surface area contributed by atoms with Crippen molar-refractivity contribution < 1.29 is 14.3 Å². The van der Waals surface area contributed by atoms with E-state index in [-0.39, 0.29) is 24.9 Å². The van der Waals surface area contributed by atoms with Crippen LogP contribution in [0.1, 0.15) is 25.0 Å². The number of benzene rings is 1. The van der Waals surface area contributed by atoms with Crippen LogP contribution in [0.5, 0.6) is 5.75 Å². The van der Waals surface area contributed by atoms with Gasteiger partial charge in [0.25, 0.3) is 0 Å². The van der Waals surface area contributed by atoms with Crippen LogP contribution in [0.25, 0.3) is 0 Å². The molecule has 1 aromatic rings. The van der Waals surface area contributed by atoms with Crippen LogP contribution in [0.15, 0.2) is 18.2 Å². The number of amides is 2. The molecule has 108 valence electrons. The van der Waals surface area contributed by atoms with Crippen LogP contribution in [-0.2, 0) is 16.1 Å². The summed E-state index contributed by atoms with van der Waals surface area (Å²) < 4.78 is 5.30. The fraction of sp³-hybridized carbons (Fsp3) is 0.467. The third kappa shape index (κ3) is 2.67. The van der Waals surface area contributed by atoms with Gasteiger partial charge in [-0.2, -0.15) is 0 Å². The number of ether oxygens (including phenoxy) is 1. The van der Waals surface area contributed by atoms with Crippen molar-refractivity contribution in [2.45, 2.75) is 32.9 Å². The van der Waals surface area contributed by atoms with Gasteiger partial charge in [-0.1, -0.05) is 17.7 Å². The van der Waals surface area contributed by atoms with Crippen LogP contribution in [0, 0.1) is 6.92 Å². The number of rotatable bonds is 3. The van der Waals surface area contributed by atoms with Crippen molar-refractivity contribution in [3.8, 4) is 5.75 Å². The van der Waals surface area contributed by atoms with E-state index in [4.69, 9.17) is 4.74 Å². The van der Waals surface area contributed by atoms with E-state index in [1.54, 1.807) is 21.0 Å². The molecular formula is C15H20N2O3. The Morgan fingerprint density at radius 1 is 1.35 bits per heavy atom. The molecular weight excluding hydrogens is 256 g/mol. The molecule has 2 rings (SSSR count). The molecule has 1 heterocycles. The Kier molecular flexibility index (Phi) is 3.81. The summed E-state index contributed by atoms with van der Waals surface area (Å²) in [5, 5.41) is 2.94. The van der Waals surface area contributed by atoms with Crippen LogP contribution in [0.3, 0.4) is 0 Å². The predicted octanol–water partition coefficient (Wildman–Crippen LogP) is 1.24. The number of methoxy groups -OCH3 is 1. The van der Waals surface area contributed by atoms with E-state index in [1.165, 1.54) is 4.90 Å². The molecule has 1 aliphatic rings. The van der Waals surface area contributed by atoms with Crippen LogP contribution < -0.4 is 10.1 Å². The summed E-state index contributed by atoms with van der Waals surface area (Å²) in [5.41, 5.74) is 1.19. The standard InChI is InChI=1S/C15H20N2O3/c1-10-5-6-12(20-4)11(7-10)9-17-13(18)8-16-15(2,3)14(17)19/h5-7,16H,8-9H2,1-4H3. The van der Waals surface area contributed by atoms with Crippen molar-refractivity contribution >= 4 is 11.8 Å². The maximum Gasteiger partial charge on any atom is 0.249 e. The summed E-state index contributed by atoms with van der Waals surface area (Å²) in [4.78, 5) is 25.6. The van der Waals surface area contributed by atoms with E-state index in [1.807, 2.05) is 25.1 Å². The van der Waals surface area contributed by atoms with E-state index in [2.05, 4.69) is 5.32 Å². The number of hydrogen-bond donors (Lipinski definition) is 1. The Balaban J connectivity index is 2.30. The molecule has 1 fully saturated rings. The highest BCUT2D eigenvalue weighted by Gasteiger charge is 2.39. The second-order valence-corrected chi connectivity index (χ2v) is 5.58. The highest BCUT2D eigenvalue weighted by atomic mass is 16.5. The quantitative estimate of drug-likeness (QED) is 0.844. The third-order valence-electron chi connectivity index (χ3n) is 3.53. The molecule has 0 spiro atoms. The largest absolute Gasteiger partial charge is 0.496 e. The second-order valence-electron chi connectivity index (χ2n) is 5.58. The van der Waals surface area contributed by atoms with E-state index in [9.17, 15) is 9.59 Å². The number of piperazine rings is 1. The van der Waals surface area contributed by atoms with Gasteiger partial charge in [0.1, 0.15) is 5.75 Å². The normalized spacial score (nSPS) is 18.3. The zero-order valence-corrected chi connectivity index (χ0v) is 12.3. The highest BCUT2D eigenvalue weighted by Crippen LogP contribution is 2.24. The second kappa shape index (κ2) is 5.25. The number of aryl methyl sites for hydroxylation is 1. The van der Waals surface area contributed by atoms with Gasteiger partial charge in [0, 0.05) is 5.56 Å². The molecule has 20 heavy (non-hydrogen) atoms. The minimum Gasteiger partial charge on any atom is -0.496 e. The van der Waals surface area contributed by atoms with Gasteiger partial charge in [-0.25, -0.2) is 0 Å². The van der Waals surface area contributed by atoms with Gasteiger partial charge in [-0.15, -0.1) is 0 Å². The Labute approximate surface area is 118 Å². The van der Waals surface area contributed by atoms with Crippen molar-refractivity contribution in [3.63, 3.8) is 0 Å². The molecule has 5 nitrogen and oxygen atoms in total. The first kappa shape index (κ1) is 14.5. The zero-order chi connectivity index (χ0) is 14.9. The van der Waals surface area contributed by atoms with Crippen LogP contribution in [0.4, 0.5) is 0 Å². The average Bonchev–Trinajstić information content (AvgIpc) is 2.40. The summed E-state index contributed by atoms with van der Waals surface area (Å²) in [6.45, 7) is 5.94. The lowest BCUT2D eigenvalue weighted by atomic mass is 9.99. The van der Waals surface area contributed by atoms with Gasteiger partial charge < -0.3 is 4.74 Å². The van der Waals surface area contributed by atoms with Gasteiger partial charge in [0.15, 0.2) is 0 Å². The maximum atomic E-state index is 12.3. The summed E-state index contributed by atoms with van der Waals surface area (Å²) in [5.74, 6) is 0.266. The van der Waals surface area contributed by atoms with Gasteiger partial charge in [-0.05, 0) is 26.8 Å². The molecule has 1 aromatic carbocycles. The summed E-state index contributed by atoms with van der Waals surface area (Å²) >= 11 is 0. The van der Waals surface area contributed by atoms with Crippen molar-refractivity contribution in [2.24, 2.45) is 0 Å². The molecule has 0 saturated carbocycles. The van der Waals surface area contributed by atoms with Gasteiger partial charge in [0.05, 0.1) is 25.7 Å². The molecule has 0 atom stereocenters. The van der Waals surface area contributed by atoms with Gasteiger partial charge in [0.2, 0.25) is 11.8 Å². The number of carbonyl (C=O) groups excluding carboxylic acids is 2. The maximum absolute atomic E-state index is 12.3. The highest BCUT2D eigenvalue weighted by molar-refractivity contribution is 6.03. The first-order chi connectivity index (χ1) is 9.35. The molecule has 0 aromatic heterocycles. The molecule has 0 unspecified atom stereocenters. The van der Waals surface area contributed by atoms with E-state index >= 15 is 0 Å². The SMILES string of the molecule is COc1ccc(C)cc1CN1C(=O)CNC(C)(C)C1=O. The van der Waals surface area contributed by atoms with E-state index in [0.29, 0.717) is 5.75 Å². The monoisotopic (exact) mass is 276 g/mol. The number of nitrogens with zero attached hydrogens (tertiary/aromatic N) is 1. The minimum absolute atomic E-state index is 0.173. The van der Waals surface area contributed by atoms with Crippen LogP contribution in [-0.4, -0.2) is 35.9 Å². The third-order valence-corrected chi connectivity index (χ3v) is 3.53. The minimum atomic E-state index is -0.717. The number of imide groups is 1. The zero-order valence-electron chi connectivity index (χ0n) is 12.3. The molecule has 5 heteroatoms. The molecule has 1 saturated heterocycles. The summed E-state index contributed by atoms with van der Waals surface area (Å²) in [7, 11) is 1.58. The fourth-order valence-electron chi connectivity index (χ4n) is 2.28. The Morgan fingerprint density at radius 2 is 2.05 bits per heavy atom. The molecule has 0 radical (unpaired) electrons. The summed E-state index contributed by atoms with van der Waals surface area (Å²) in [6, 6.07) is 5.73.